The fourth-order valence-electron chi connectivity index (χ4n) is 2.19. The van der Waals surface area contributed by atoms with E-state index in [9.17, 15) is 4.79 Å². The second-order valence-corrected chi connectivity index (χ2v) is 5.23. The van der Waals surface area contributed by atoms with E-state index < -0.39 is 0 Å². The summed E-state index contributed by atoms with van der Waals surface area (Å²) in [4.78, 5) is 16.9. The highest BCUT2D eigenvalue weighted by atomic mass is 35.5. The lowest BCUT2D eigenvalue weighted by Gasteiger charge is -2.06. The number of halogens is 1. The Kier molecular flexibility index (Phi) is 3.07. The summed E-state index contributed by atoms with van der Waals surface area (Å²) in [7, 11) is 0. The van der Waals surface area contributed by atoms with E-state index in [1.807, 2.05) is 26.0 Å². The van der Waals surface area contributed by atoms with Crippen LogP contribution >= 0.6 is 11.6 Å². The van der Waals surface area contributed by atoms with Gasteiger partial charge in [-0.15, -0.1) is 0 Å². The van der Waals surface area contributed by atoms with Crippen molar-refractivity contribution < 1.29 is 4.79 Å². The molecule has 0 spiro atoms. The molecular formula is C16H13ClN2O. The van der Waals surface area contributed by atoms with Crippen LogP contribution in [0.2, 0.25) is 5.02 Å². The normalized spacial score (nSPS) is 10.9. The molecule has 0 aliphatic carbocycles. The molecule has 3 aromatic rings. The topological polar surface area (TPSA) is 34.9 Å². The Balaban J connectivity index is 2.18. The van der Waals surface area contributed by atoms with Crippen molar-refractivity contribution in [3.8, 4) is 0 Å². The van der Waals surface area contributed by atoms with E-state index in [1.165, 1.54) is 0 Å². The van der Waals surface area contributed by atoms with Crippen molar-refractivity contribution >= 4 is 28.5 Å². The Labute approximate surface area is 121 Å². The number of carbonyl (C=O) groups excluding carboxylic acids is 1. The van der Waals surface area contributed by atoms with E-state index in [1.54, 1.807) is 35.2 Å². The number of nitrogens with zero attached hydrogens (tertiary/aromatic N) is 2. The first-order chi connectivity index (χ1) is 9.58. The first kappa shape index (κ1) is 12.9. The second-order valence-electron chi connectivity index (χ2n) is 4.82. The first-order valence-corrected chi connectivity index (χ1v) is 6.69. The van der Waals surface area contributed by atoms with Gasteiger partial charge in [0.1, 0.15) is 6.33 Å². The van der Waals surface area contributed by atoms with Crippen LogP contribution in [0, 0.1) is 13.8 Å². The number of aromatic nitrogens is 2. The van der Waals surface area contributed by atoms with E-state index in [-0.39, 0.29) is 5.91 Å². The van der Waals surface area contributed by atoms with Crippen molar-refractivity contribution in [2.24, 2.45) is 0 Å². The summed E-state index contributed by atoms with van der Waals surface area (Å²) in [5.74, 6) is -0.165. The Bertz CT molecular complexity index is 820. The van der Waals surface area contributed by atoms with Crippen LogP contribution in [0.25, 0.3) is 11.0 Å². The standard InChI is InChI=1S/C16H13ClN2O/c1-10-7-14-15(8-11(10)2)19(9-18-14)16(20)12-5-3-4-6-13(12)17/h3-9H,1-2H3. The zero-order chi connectivity index (χ0) is 14.3. The van der Waals surface area contributed by atoms with Gasteiger partial charge < -0.3 is 0 Å². The van der Waals surface area contributed by atoms with Crippen molar-refractivity contribution in [1.82, 2.24) is 9.55 Å². The molecule has 0 N–H and O–H groups in total. The number of fused-ring (bicyclic) bond motifs is 1. The summed E-state index contributed by atoms with van der Waals surface area (Å²) in [6, 6.07) is 11.0. The van der Waals surface area contributed by atoms with Crippen LogP contribution in [0.15, 0.2) is 42.7 Å². The quantitative estimate of drug-likeness (QED) is 0.677. The number of carbonyl (C=O) groups is 1. The van der Waals surface area contributed by atoms with Crippen molar-refractivity contribution in [2.45, 2.75) is 13.8 Å². The third-order valence-corrected chi connectivity index (χ3v) is 3.82. The molecule has 0 aliphatic heterocycles. The minimum atomic E-state index is -0.165. The van der Waals surface area contributed by atoms with Gasteiger partial charge in [0, 0.05) is 0 Å². The van der Waals surface area contributed by atoms with Crippen LogP contribution in [0.1, 0.15) is 21.5 Å². The van der Waals surface area contributed by atoms with Gasteiger partial charge >= 0.3 is 0 Å². The second kappa shape index (κ2) is 4.76. The fraction of sp³-hybridized carbons (Fsp3) is 0.125. The lowest BCUT2D eigenvalue weighted by atomic mass is 10.1. The Morgan fingerprint density at radius 1 is 1.15 bits per heavy atom. The highest BCUT2D eigenvalue weighted by Gasteiger charge is 2.15. The Hall–Kier alpha value is -2.13. The predicted octanol–water partition coefficient (Wildman–Crippen LogP) is 4.00. The molecule has 0 saturated carbocycles. The molecule has 1 aromatic heterocycles. The Morgan fingerprint density at radius 2 is 1.85 bits per heavy atom. The van der Waals surface area contributed by atoms with Crippen LogP contribution in [-0.4, -0.2) is 15.5 Å². The molecule has 0 fully saturated rings. The molecule has 0 saturated heterocycles. The van der Waals surface area contributed by atoms with Gasteiger partial charge in [0.2, 0.25) is 0 Å². The molecule has 4 heteroatoms. The van der Waals surface area contributed by atoms with Crippen LogP contribution in [0.3, 0.4) is 0 Å². The van der Waals surface area contributed by atoms with Crippen LogP contribution in [-0.2, 0) is 0 Å². The highest BCUT2D eigenvalue weighted by Crippen LogP contribution is 2.22. The molecule has 100 valence electrons. The summed E-state index contributed by atoms with van der Waals surface area (Å²) < 4.78 is 1.54. The van der Waals surface area contributed by atoms with Crippen molar-refractivity contribution in [3.63, 3.8) is 0 Å². The molecule has 0 unspecified atom stereocenters. The lowest BCUT2D eigenvalue weighted by molar-refractivity contribution is 0.0964. The van der Waals surface area contributed by atoms with Gasteiger partial charge in [-0.1, -0.05) is 23.7 Å². The van der Waals surface area contributed by atoms with E-state index >= 15 is 0 Å². The molecule has 3 nitrogen and oxygen atoms in total. The molecule has 0 radical (unpaired) electrons. The summed E-state index contributed by atoms with van der Waals surface area (Å²) in [5, 5.41) is 0.447. The van der Waals surface area contributed by atoms with E-state index in [0.717, 1.165) is 22.2 Å². The molecular weight excluding hydrogens is 272 g/mol. The van der Waals surface area contributed by atoms with E-state index in [4.69, 9.17) is 11.6 Å². The van der Waals surface area contributed by atoms with Crippen molar-refractivity contribution in [2.75, 3.05) is 0 Å². The monoisotopic (exact) mass is 284 g/mol. The molecule has 0 atom stereocenters. The van der Waals surface area contributed by atoms with Gasteiger partial charge in [0.15, 0.2) is 0 Å². The number of aryl methyl sites for hydroxylation is 2. The number of benzene rings is 2. The molecule has 0 aliphatic rings. The smallest absolute Gasteiger partial charge is 0.265 e. The minimum Gasteiger partial charge on any atom is -0.268 e. The first-order valence-electron chi connectivity index (χ1n) is 6.31. The van der Waals surface area contributed by atoms with Gasteiger partial charge in [-0.25, -0.2) is 4.98 Å². The summed E-state index contributed by atoms with van der Waals surface area (Å²) >= 11 is 6.09. The van der Waals surface area contributed by atoms with Crippen LogP contribution in [0.5, 0.6) is 0 Å². The van der Waals surface area contributed by atoms with Gasteiger partial charge in [-0.2, -0.15) is 0 Å². The summed E-state index contributed by atoms with van der Waals surface area (Å²) in [6.07, 6.45) is 1.55. The average molecular weight is 285 g/mol. The maximum absolute atomic E-state index is 12.6. The van der Waals surface area contributed by atoms with E-state index in [0.29, 0.717) is 10.6 Å². The molecule has 0 bridgehead atoms. The molecule has 20 heavy (non-hydrogen) atoms. The number of rotatable bonds is 1. The SMILES string of the molecule is Cc1cc2ncn(C(=O)c3ccccc3Cl)c2cc1C. The number of imidazole rings is 1. The maximum atomic E-state index is 12.6. The largest absolute Gasteiger partial charge is 0.268 e. The summed E-state index contributed by atoms with van der Waals surface area (Å²) in [5.41, 5.74) is 4.39. The molecule has 2 aromatic carbocycles. The molecule has 1 heterocycles. The maximum Gasteiger partial charge on any atom is 0.265 e. The fourth-order valence-corrected chi connectivity index (χ4v) is 2.41. The number of hydrogen-bond acceptors (Lipinski definition) is 2. The van der Waals surface area contributed by atoms with Crippen LogP contribution < -0.4 is 0 Å². The third kappa shape index (κ3) is 2.00. The Morgan fingerprint density at radius 3 is 2.60 bits per heavy atom. The lowest BCUT2D eigenvalue weighted by Crippen LogP contribution is -2.11. The highest BCUT2D eigenvalue weighted by molar-refractivity contribution is 6.34. The van der Waals surface area contributed by atoms with Crippen molar-refractivity contribution in [3.05, 3.63) is 64.4 Å². The van der Waals surface area contributed by atoms with Gasteiger partial charge in [0.25, 0.3) is 5.91 Å². The molecule has 0 amide bonds. The number of hydrogen-bond donors (Lipinski definition) is 0. The third-order valence-electron chi connectivity index (χ3n) is 3.49. The summed E-state index contributed by atoms with van der Waals surface area (Å²) in [6.45, 7) is 4.05. The molecule has 3 rings (SSSR count). The average Bonchev–Trinajstić information content (AvgIpc) is 2.82. The van der Waals surface area contributed by atoms with Gasteiger partial charge in [0.05, 0.1) is 21.6 Å². The zero-order valence-corrected chi connectivity index (χ0v) is 12.0. The predicted molar refractivity (Wildman–Crippen MR) is 80.4 cm³/mol. The van der Waals surface area contributed by atoms with Crippen molar-refractivity contribution in [1.29, 1.82) is 0 Å². The minimum absolute atomic E-state index is 0.165. The van der Waals surface area contributed by atoms with Gasteiger partial charge in [-0.05, 0) is 49.2 Å². The zero-order valence-electron chi connectivity index (χ0n) is 11.2. The van der Waals surface area contributed by atoms with E-state index in [2.05, 4.69) is 4.98 Å². The van der Waals surface area contributed by atoms with Crippen LogP contribution in [0.4, 0.5) is 0 Å². The van der Waals surface area contributed by atoms with Gasteiger partial charge in [-0.3, -0.25) is 9.36 Å².